The number of rotatable bonds is 6. The van der Waals surface area contributed by atoms with Crippen molar-refractivity contribution in [1.82, 2.24) is 5.32 Å². The van der Waals surface area contributed by atoms with Crippen molar-refractivity contribution in [2.75, 3.05) is 24.5 Å². The van der Waals surface area contributed by atoms with Crippen molar-refractivity contribution < 1.29 is 0 Å². The van der Waals surface area contributed by atoms with Gasteiger partial charge in [0.1, 0.15) is 5.84 Å². The maximum atomic E-state index is 4.67. The third-order valence-electron chi connectivity index (χ3n) is 4.82. The van der Waals surface area contributed by atoms with E-state index in [-0.39, 0.29) is 0 Å². The number of hydrogen-bond acceptors (Lipinski definition) is 3. The molecule has 0 amide bonds. The van der Waals surface area contributed by atoms with E-state index in [9.17, 15) is 0 Å². The Kier molecular flexibility index (Phi) is 5.49. The summed E-state index contributed by atoms with van der Waals surface area (Å²) in [5.41, 5.74) is 5.03. The van der Waals surface area contributed by atoms with Crippen LogP contribution in [0.1, 0.15) is 17.5 Å². The first kappa shape index (κ1) is 17.3. The zero-order valence-corrected chi connectivity index (χ0v) is 15.5. The monoisotopic (exact) mass is 355 g/mol. The van der Waals surface area contributed by atoms with Crippen molar-refractivity contribution in [3.05, 3.63) is 96.1 Å². The molecule has 0 aliphatic carbocycles. The van der Waals surface area contributed by atoms with Gasteiger partial charge in [0.05, 0.1) is 6.54 Å². The van der Waals surface area contributed by atoms with Crippen LogP contribution in [0.3, 0.4) is 0 Å². The van der Waals surface area contributed by atoms with Crippen molar-refractivity contribution in [3.8, 4) is 0 Å². The van der Waals surface area contributed by atoms with E-state index in [4.69, 9.17) is 0 Å². The molecule has 3 nitrogen and oxygen atoms in total. The summed E-state index contributed by atoms with van der Waals surface area (Å²) in [6.07, 6.45) is 2.05. The van der Waals surface area contributed by atoms with Gasteiger partial charge in [0.25, 0.3) is 0 Å². The molecule has 3 aromatic rings. The molecule has 0 bridgehead atoms. The highest BCUT2D eigenvalue weighted by Gasteiger charge is 2.14. The van der Waals surface area contributed by atoms with Crippen LogP contribution in [0.5, 0.6) is 0 Å². The van der Waals surface area contributed by atoms with E-state index in [1.165, 1.54) is 22.5 Å². The van der Waals surface area contributed by atoms with Gasteiger partial charge in [-0.3, -0.25) is 4.99 Å². The number of nitrogens with zero attached hydrogens (tertiary/aromatic N) is 2. The third kappa shape index (κ3) is 4.56. The summed E-state index contributed by atoms with van der Waals surface area (Å²) in [7, 11) is 0. The summed E-state index contributed by atoms with van der Waals surface area (Å²) in [4.78, 5) is 7.01. The Bertz CT molecular complexity index is 888. The predicted molar refractivity (Wildman–Crippen MR) is 114 cm³/mol. The van der Waals surface area contributed by atoms with Gasteiger partial charge < -0.3 is 10.2 Å². The number of hydrogen-bond donors (Lipinski definition) is 1. The molecule has 0 saturated heterocycles. The van der Waals surface area contributed by atoms with E-state index in [1.807, 2.05) is 0 Å². The first-order valence-electron chi connectivity index (χ1n) is 9.61. The summed E-state index contributed by atoms with van der Waals surface area (Å²) >= 11 is 0. The molecule has 0 saturated carbocycles. The fourth-order valence-corrected chi connectivity index (χ4v) is 3.44. The molecule has 3 aromatic carbocycles. The SMILES string of the molecule is c1ccc(Cc2cccc(N(CC3=NCCCN3)c3ccccc3)c2)cc1. The Balaban J connectivity index is 1.63. The summed E-state index contributed by atoms with van der Waals surface area (Å²) in [6.45, 7) is 2.69. The Morgan fingerprint density at radius 2 is 1.48 bits per heavy atom. The topological polar surface area (TPSA) is 27.6 Å². The van der Waals surface area contributed by atoms with Crippen molar-refractivity contribution >= 4 is 17.2 Å². The fraction of sp³-hybridized carbons (Fsp3) is 0.208. The first-order chi connectivity index (χ1) is 13.4. The highest BCUT2D eigenvalue weighted by atomic mass is 15.2. The van der Waals surface area contributed by atoms with Crippen LogP contribution >= 0.6 is 0 Å². The van der Waals surface area contributed by atoms with Crippen LogP contribution in [0, 0.1) is 0 Å². The number of para-hydroxylation sites is 1. The largest absolute Gasteiger partial charge is 0.372 e. The van der Waals surface area contributed by atoms with Crippen LogP contribution in [0.2, 0.25) is 0 Å². The minimum absolute atomic E-state index is 0.763. The minimum atomic E-state index is 0.763. The quantitative estimate of drug-likeness (QED) is 0.687. The Morgan fingerprint density at radius 3 is 2.22 bits per heavy atom. The Hall–Kier alpha value is -3.07. The fourth-order valence-electron chi connectivity index (χ4n) is 3.44. The van der Waals surface area contributed by atoms with E-state index >= 15 is 0 Å². The third-order valence-corrected chi connectivity index (χ3v) is 4.82. The summed E-state index contributed by atoms with van der Waals surface area (Å²) in [5.74, 6) is 1.07. The smallest absolute Gasteiger partial charge is 0.116 e. The molecule has 1 aliphatic heterocycles. The molecule has 27 heavy (non-hydrogen) atoms. The lowest BCUT2D eigenvalue weighted by atomic mass is 10.0. The van der Waals surface area contributed by atoms with Gasteiger partial charge in [-0.15, -0.1) is 0 Å². The van der Waals surface area contributed by atoms with Crippen LogP contribution in [0.15, 0.2) is 89.9 Å². The van der Waals surface area contributed by atoms with E-state index < -0.39 is 0 Å². The van der Waals surface area contributed by atoms with Crippen LogP contribution in [-0.2, 0) is 6.42 Å². The lowest BCUT2D eigenvalue weighted by Crippen LogP contribution is -2.38. The molecule has 0 radical (unpaired) electrons. The first-order valence-corrected chi connectivity index (χ1v) is 9.61. The van der Waals surface area contributed by atoms with Crippen LogP contribution in [0.25, 0.3) is 0 Å². The number of anilines is 2. The zero-order chi connectivity index (χ0) is 18.3. The van der Waals surface area contributed by atoms with E-state index in [0.717, 1.165) is 38.3 Å². The van der Waals surface area contributed by atoms with Crippen LogP contribution in [-0.4, -0.2) is 25.5 Å². The molecular weight excluding hydrogens is 330 g/mol. The van der Waals surface area contributed by atoms with Crippen LogP contribution in [0.4, 0.5) is 11.4 Å². The molecule has 1 heterocycles. The van der Waals surface area contributed by atoms with Crippen LogP contribution < -0.4 is 10.2 Å². The second kappa shape index (κ2) is 8.54. The van der Waals surface area contributed by atoms with Crippen molar-refractivity contribution in [1.29, 1.82) is 0 Å². The van der Waals surface area contributed by atoms with Crippen molar-refractivity contribution in [2.45, 2.75) is 12.8 Å². The predicted octanol–water partition coefficient (Wildman–Crippen LogP) is 4.81. The zero-order valence-electron chi connectivity index (χ0n) is 15.5. The summed E-state index contributed by atoms with van der Waals surface area (Å²) < 4.78 is 0. The minimum Gasteiger partial charge on any atom is -0.372 e. The van der Waals surface area contributed by atoms with E-state index in [0.29, 0.717) is 0 Å². The maximum absolute atomic E-state index is 4.67. The van der Waals surface area contributed by atoms with Gasteiger partial charge in [-0.25, -0.2) is 0 Å². The second-order valence-electron chi connectivity index (χ2n) is 6.86. The number of nitrogens with one attached hydrogen (secondary N) is 1. The molecule has 0 unspecified atom stereocenters. The average molecular weight is 355 g/mol. The van der Waals surface area contributed by atoms with Gasteiger partial charge in [0, 0.05) is 24.5 Å². The molecule has 0 spiro atoms. The summed E-state index contributed by atoms with van der Waals surface area (Å²) in [6, 6.07) is 30.0. The molecular formula is C24H25N3. The average Bonchev–Trinajstić information content (AvgIpc) is 2.74. The maximum Gasteiger partial charge on any atom is 0.116 e. The van der Waals surface area contributed by atoms with Crippen molar-refractivity contribution in [2.24, 2.45) is 4.99 Å². The molecule has 1 N–H and O–H groups in total. The Labute approximate surface area is 161 Å². The van der Waals surface area contributed by atoms with Gasteiger partial charge >= 0.3 is 0 Å². The molecule has 1 aliphatic rings. The molecule has 3 heteroatoms. The number of aliphatic imine (C=N–C) groups is 1. The van der Waals surface area contributed by atoms with Gasteiger partial charge in [-0.1, -0.05) is 60.7 Å². The standard InChI is InChI=1S/C24H25N3/c1-3-9-20(10-4-1)17-21-11-7-14-23(18-21)27(22-12-5-2-6-13-22)19-24-25-15-8-16-26-24/h1-7,9-14,18H,8,15-17,19H2,(H,25,26). The van der Waals surface area contributed by atoms with E-state index in [2.05, 4.69) is 100 Å². The van der Waals surface area contributed by atoms with Gasteiger partial charge in [0.15, 0.2) is 0 Å². The highest BCUT2D eigenvalue weighted by Crippen LogP contribution is 2.26. The molecule has 0 fully saturated rings. The second-order valence-corrected chi connectivity index (χ2v) is 6.86. The summed E-state index contributed by atoms with van der Waals surface area (Å²) in [5, 5.41) is 3.45. The lowest BCUT2D eigenvalue weighted by Gasteiger charge is -2.27. The normalized spacial score (nSPS) is 13.6. The van der Waals surface area contributed by atoms with Crippen molar-refractivity contribution in [3.63, 3.8) is 0 Å². The molecule has 0 aromatic heterocycles. The van der Waals surface area contributed by atoms with E-state index in [1.54, 1.807) is 0 Å². The van der Waals surface area contributed by atoms with Gasteiger partial charge in [-0.05, 0) is 48.2 Å². The number of amidine groups is 1. The molecule has 4 rings (SSSR count). The molecule has 0 atom stereocenters. The highest BCUT2D eigenvalue weighted by molar-refractivity contribution is 5.89. The lowest BCUT2D eigenvalue weighted by molar-refractivity contribution is 0.731. The van der Waals surface area contributed by atoms with Gasteiger partial charge in [0.2, 0.25) is 0 Å². The van der Waals surface area contributed by atoms with Gasteiger partial charge in [-0.2, -0.15) is 0 Å². The Morgan fingerprint density at radius 1 is 0.778 bits per heavy atom. The molecule has 136 valence electrons. The number of benzene rings is 3.